The Balaban J connectivity index is 2.82. The van der Waals surface area contributed by atoms with E-state index in [-0.39, 0.29) is 12.2 Å². The van der Waals surface area contributed by atoms with Crippen LogP contribution in [0.4, 0.5) is 10.1 Å². The zero-order valence-corrected chi connectivity index (χ0v) is 6.92. The smallest absolute Gasteiger partial charge is 0.141 e. The molecule has 0 bridgehead atoms. The Morgan fingerprint density at radius 3 is 2.92 bits per heavy atom. The molecular weight excluding hydrogens is 171 g/mol. The van der Waals surface area contributed by atoms with Crippen LogP contribution >= 0.6 is 0 Å². The van der Waals surface area contributed by atoms with E-state index in [2.05, 4.69) is 5.32 Å². The molecule has 1 rings (SSSR count). The first-order valence-electron chi connectivity index (χ1n) is 3.82. The van der Waals surface area contributed by atoms with Crippen LogP contribution in [0.5, 0.6) is 0 Å². The normalized spacial score (nSPS) is 9.31. The van der Waals surface area contributed by atoms with Crippen molar-refractivity contribution in [3.05, 3.63) is 29.6 Å². The lowest BCUT2D eigenvalue weighted by Crippen LogP contribution is -2.05. The second-order valence-corrected chi connectivity index (χ2v) is 2.46. The summed E-state index contributed by atoms with van der Waals surface area (Å²) < 4.78 is 12.8. The fourth-order valence-corrected chi connectivity index (χ4v) is 0.921. The quantitative estimate of drug-likeness (QED) is 0.732. The lowest BCUT2D eigenvalue weighted by atomic mass is 10.2. The van der Waals surface area contributed by atoms with Crippen LogP contribution in [0.2, 0.25) is 0 Å². The Morgan fingerprint density at radius 1 is 1.54 bits per heavy atom. The molecule has 2 N–H and O–H groups in total. The Kier molecular flexibility index (Phi) is 3.23. The first-order chi connectivity index (χ1) is 6.27. The van der Waals surface area contributed by atoms with Gasteiger partial charge in [-0.1, -0.05) is 0 Å². The van der Waals surface area contributed by atoms with Crippen LogP contribution in [0.25, 0.3) is 0 Å². The number of halogens is 1. The Labute approximate surface area is 75.4 Å². The van der Waals surface area contributed by atoms with E-state index >= 15 is 0 Å². The van der Waals surface area contributed by atoms with Crippen molar-refractivity contribution < 1.29 is 9.50 Å². The highest BCUT2D eigenvalue weighted by Gasteiger charge is 2.01. The van der Waals surface area contributed by atoms with E-state index in [1.165, 1.54) is 18.2 Å². The number of anilines is 1. The van der Waals surface area contributed by atoms with E-state index in [0.717, 1.165) is 0 Å². The van der Waals surface area contributed by atoms with Gasteiger partial charge in [0, 0.05) is 12.2 Å². The fraction of sp³-hybridized carbons (Fsp3) is 0.222. The lowest BCUT2D eigenvalue weighted by molar-refractivity contribution is 0.311. The highest BCUT2D eigenvalue weighted by atomic mass is 19.1. The van der Waals surface area contributed by atoms with Gasteiger partial charge in [0.2, 0.25) is 0 Å². The maximum atomic E-state index is 12.8. The number of hydrogen-bond donors (Lipinski definition) is 2. The minimum Gasteiger partial charge on any atom is -0.395 e. The largest absolute Gasteiger partial charge is 0.395 e. The van der Waals surface area contributed by atoms with Crippen LogP contribution < -0.4 is 5.32 Å². The van der Waals surface area contributed by atoms with Crippen molar-refractivity contribution >= 4 is 5.69 Å². The number of nitriles is 1. The topological polar surface area (TPSA) is 56.0 Å². The van der Waals surface area contributed by atoms with Crippen LogP contribution in [-0.2, 0) is 0 Å². The highest BCUT2D eigenvalue weighted by molar-refractivity contribution is 5.49. The minimum absolute atomic E-state index is 0.000731. The third kappa shape index (κ3) is 2.42. The summed E-state index contributed by atoms with van der Waals surface area (Å²) in [5.41, 5.74) is 0.634. The van der Waals surface area contributed by atoms with Gasteiger partial charge in [0.05, 0.1) is 12.2 Å². The Hall–Kier alpha value is -1.60. The second kappa shape index (κ2) is 4.43. The number of hydrogen-bond acceptors (Lipinski definition) is 3. The molecule has 3 nitrogen and oxygen atoms in total. The Morgan fingerprint density at radius 2 is 2.31 bits per heavy atom. The molecule has 0 aliphatic heterocycles. The number of nitrogens with one attached hydrogen (secondary N) is 1. The summed E-state index contributed by atoms with van der Waals surface area (Å²) in [6.07, 6.45) is 0. The average Bonchev–Trinajstić information content (AvgIpc) is 2.16. The molecule has 1 aromatic rings. The molecule has 0 fully saturated rings. The van der Waals surface area contributed by atoms with Crippen molar-refractivity contribution in [1.82, 2.24) is 0 Å². The molecule has 68 valence electrons. The summed E-state index contributed by atoms with van der Waals surface area (Å²) in [5, 5.41) is 19.8. The van der Waals surface area contributed by atoms with Crippen LogP contribution in [-0.4, -0.2) is 18.3 Å². The van der Waals surface area contributed by atoms with Crippen LogP contribution in [0.15, 0.2) is 18.2 Å². The van der Waals surface area contributed by atoms with E-state index in [9.17, 15) is 4.39 Å². The molecule has 0 aromatic heterocycles. The first kappa shape index (κ1) is 9.49. The van der Waals surface area contributed by atoms with Gasteiger partial charge in [0.25, 0.3) is 0 Å². The molecule has 0 saturated heterocycles. The van der Waals surface area contributed by atoms with Crippen molar-refractivity contribution in [3.63, 3.8) is 0 Å². The minimum atomic E-state index is -0.531. The molecule has 4 heteroatoms. The number of rotatable bonds is 3. The van der Waals surface area contributed by atoms with Gasteiger partial charge in [-0.15, -0.1) is 0 Å². The van der Waals surface area contributed by atoms with E-state index in [1.807, 2.05) is 0 Å². The molecule has 0 aliphatic carbocycles. The van der Waals surface area contributed by atoms with Crippen molar-refractivity contribution in [2.45, 2.75) is 0 Å². The third-order valence-electron chi connectivity index (χ3n) is 1.53. The monoisotopic (exact) mass is 180 g/mol. The molecule has 0 atom stereocenters. The number of aliphatic hydroxyl groups excluding tert-OH is 1. The summed E-state index contributed by atoms with van der Waals surface area (Å²) in [4.78, 5) is 0. The van der Waals surface area contributed by atoms with Crippen LogP contribution in [0.1, 0.15) is 5.56 Å². The molecular formula is C9H9FN2O. The van der Waals surface area contributed by atoms with Crippen molar-refractivity contribution in [3.8, 4) is 6.07 Å². The second-order valence-electron chi connectivity index (χ2n) is 2.46. The van der Waals surface area contributed by atoms with Gasteiger partial charge in [-0.25, -0.2) is 4.39 Å². The average molecular weight is 180 g/mol. The lowest BCUT2D eigenvalue weighted by Gasteiger charge is -2.04. The van der Waals surface area contributed by atoms with E-state index in [4.69, 9.17) is 10.4 Å². The Bertz CT molecular complexity index is 333. The van der Waals surface area contributed by atoms with Gasteiger partial charge >= 0.3 is 0 Å². The highest BCUT2D eigenvalue weighted by Crippen LogP contribution is 2.13. The molecule has 0 aliphatic rings. The number of benzene rings is 1. The molecule has 0 unspecified atom stereocenters. The van der Waals surface area contributed by atoms with Crippen molar-refractivity contribution in [2.24, 2.45) is 0 Å². The van der Waals surface area contributed by atoms with Crippen LogP contribution in [0, 0.1) is 17.1 Å². The number of nitrogens with zero attached hydrogens (tertiary/aromatic N) is 1. The van der Waals surface area contributed by atoms with Gasteiger partial charge in [0.15, 0.2) is 0 Å². The molecule has 0 saturated carbocycles. The fourth-order valence-electron chi connectivity index (χ4n) is 0.921. The summed E-state index contributed by atoms with van der Waals surface area (Å²) in [6.45, 7) is 0.385. The van der Waals surface area contributed by atoms with Gasteiger partial charge in [-0.3, -0.25) is 0 Å². The van der Waals surface area contributed by atoms with Gasteiger partial charge in [-0.05, 0) is 18.2 Å². The first-order valence-corrected chi connectivity index (χ1v) is 3.82. The summed E-state index contributed by atoms with van der Waals surface area (Å²) in [6, 6.07) is 5.88. The van der Waals surface area contributed by atoms with E-state index in [0.29, 0.717) is 12.2 Å². The molecule has 1 aromatic carbocycles. The van der Waals surface area contributed by atoms with E-state index in [1.54, 1.807) is 6.07 Å². The molecule has 0 heterocycles. The summed E-state index contributed by atoms with van der Waals surface area (Å²) in [5.74, 6) is -0.531. The molecule has 0 amide bonds. The van der Waals surface area contributed by atoms with Crippen molar-refractivity contribution in [1.29, 1.82) is 5.26 Å². The SMILES string of the molecule is N#Cc1cc(NCCO)ccc1F. The maximum absolute atomic E-state index is 12.8. The van der Waals surface area contributed by atoms with Gasteiger partial charge in [0.1, 0.15) is 11.9 Å². The molecule has 13 heavy (non-hydrogen) atoms. The zero-order valence-electron chi connectivity index (χ0n) is 6.92. The maximum Gasteiger partial charge on any atom is 0.141 e. The zero-order chi connectivity index (χ0) is 9.68. The van der Waals surface area contributed by atoms with Crippen LogP contribution in [0.3, 0.4) is 0 Å². The number of aliphatic hydroxyl groups is 1. The molecule has 0 spiro atoms. The predicted octanol–water partition coefficient (Wildman–Crippen LogP) is 1.10. The van der Waals surface area contributed by atoms with Gasteiger partial charge < -0.3 is 10.4 Å². The predicted molar refractivity (Wildman–Crippen MR) is 46.7 cm³/mol. The molecule has 0 radical (unpaired) electrons. The third-order valence-corrected chi connectivity index (χ3v) is 1.53. The van der Waals surface area contributed by atoms with Crippen molar-refractivity contribution in [2.75, 3.05) is 18.5 Å². The summed E-state index contributed by atoms with van der Waals surface area (Å²) in [7, 11) is 0. The standard InChI is InChI=1S/C9H9FN2O/c10-9-2-1-8(12-3-4-13)5-7(9)6-11/h1-2,5,12-13H,3-4H2. The summed E-state index contributed by atoms with van der Waals surface area (Å²) >= 11 is 0. The van der Waals surface area contributed by atoms with Gasteiger partial charge in [-0.2, -0.15) is 5.26 Å². The van der Waals surface area contributed by atoms with E-state index < -0.39 is 5.82 Å².